The molecule has 1 aromatic carbocycles. The van der Waals surface area contributed by atoms with Crippen LogP contribution < -0.4 is 10.9 Å². The van der Waals surface area contributed by atoms with Gasteiger partial charge in [0.15, 0.2) is 4.47 Å². The molecule has 11 heteroatoms. The van der Waals surface area contributed by atoms with Crippen LogP contribution in [-0.2, 0) is 11.0 Å². The molecule has 146 valence electrons. The highest BCUT2D eigenvalue weighted by Gasteiger charge is 2.30. The van der Waals surface area contributed by atoms with Crippen molar-refractivity contribution < 1.29 is 18.0 Å². The van der Waals surface area contributed by atoms with Gasteiger partial charge in [-0.15, -0.1) is 11.3 Å². The van der Waals surface area contributed by atoms with E-state index in [1.807, 2.05) is 0 Å². The van der Waals surface area contributed by atoms with Gasteiger partial charge in [-0.1, -0.05) is 11.6 Å². The van der Waals surface area contributed by atoms with Gasteiger partial charge in [0, 0.05) is 18.0 Å². The second-order valence-corrected chi connectivity index (χ2v) is 7.33. The highest BCUT2D eigenvalue weighted by molar-refractivity contribution is 7.18. The Balaban J connectivity index is 1.80. The van der Waals surface area contributed by atoms with Crippen molar-refractivity contribution in [3.05, 3.63) is 63.0 Å². The Labute approximate surface area is 165 Å². The van der Waals surface area contributed by atoms with Gasteiger partial charge in [-0.05, 0) is 37.3 Å². The van der Waals surface area contributed by atoms with E-state index in [0.29, 0.717) is 15.0 Å². The van der Waals surface area contributed by atoms with E-state index in [-0.39, 0.29) is 5.69 Å². The lowest BCUT2D eigenvalue weighted by molar-refractivity contribution is -0.137. The number of alkyl halides is 3. The molecule has 0 aliphatic carbocycles. The maximum atomic E-state index is 12.6. The first kappa shape index (κ1) is 20.0. The molecule has 1 unspecified atom stereocenters. The normalized spacial score (nSPS) is 12.6. The van der Waals surface area contributed by atoms with E-state index in [1.54, 1.807) is 0 Å². The molecule has 0 saturated carbocycles. The average Bonchev–Trinajstić information content (AvgIpc) is 3.07. The fourth-order valence-corrected chi connectivity index (χ4v) is 3.21. The van der Waals surface area contributed by atoms with E-state index in [1.165, 1.54) is 36.6 Å². The Morgan fingerprint density at radius 2 is 1.89 bits per heavy atom. The molecular formula is C17H12ClF3N4O2S. The number of rotatable bonds is 4. The zero-order valence-electron chi connectivity index (χ0n) is 14.2. The molecule has 2 aromatic heterocycles. The summed E-state index contributed by atoms with van der Waals surface area (Å²) in [6.07, 6.45) is -2.97. The van der Waals surface area contributed by atoms with Gasteiger partial charge in [0.25, 0.3) is 5.56 Å². The number of carbonyl (C=O) groups excluding carboxylic acids is 1. The number of anilines is 1. The van der Waals surface area contributed by atoms with Gasteiger partial charge in [0.2, 0.25) is 5.91 Å². The number of aromatic nitrogens is 3. The molecule has 28 heavy (non-hydrogen) atoms. The smallest absolute Gasteiger partial charge is 0.324 e. The Morgan fingerprint density at radius 1 is 1.21 bits per heavy atom. The van der Waals surface area contributed by atoms with Crippen molar-refractivity contribution in [1.29, 1.82) is 0 Å². The molecular weight excluding hydrogens is 417 g/mol. The summed E-state index contributed by atoms with van der Waals surface area (Å²) in [6, 6.07) is 5.75. The largest absolute Gasteiger partial charge is 0.416 e. The summed E-state index contributed by atoms with van der Waals surface area (Å²) >= 11 is 6.97. The van der Waals surface area contributed by atoms with Crippen molar-refractivity contribution >= 4 is 34.5 Å². The standard InChI is InChI=1S/C17H12ClF3N4O2S/c1-9(15(27)23-11-4-2-10(3-5-11)17(19,20)21)25-14(26)7-6-12(24-25)13-8-22-16(18)28-13/h2-9H,1H3,(H,23,27). The van der Waals surface area contributed by atoms with Crippen molar-refractivity contribution in [2.24, 2.45) is 0 Å². The van der Waals surface area contributed by atoms with E-state index in [2.05, 4.69) is 15.4 Å². The molecule has 2 heterocycles. The highest BCUT2D eigenvalue weighted by Crippen LogP contribution is 2.30. The van der Waals surface area contributed by atoms with Gasteiger partial charge in [-0.3, -0.25) is 9.59 Å². The predicted molar refractivity (Wildman–Crippen MR) is 99.4 cm³/mol. The summed E-state index contributed by atoms with van der Waals surface area (Å²) in [6.45, 7) is 1.46. The molecule has 0 aliphatic rings. The molecule has 1 atom stereocenters. The second kappa shape index (κ2) is 7.72. The maximum Gasteiger partial charge on any atom is 0.416 e. The van der Waals surface area contributed by atoms with Crippen LogP contribution in [0.15, 0.2) is 47.4 Å². The zero-order chi connectivity index (χ0) is 20.5. The number of halogens is 4. The van der Waals surface area contributed by atoms with Crippen molar-refractivity contribution in [2.75, 3.05) is 5.32 Å². The number of nitrogens with zero attached hydrogens (tertiary/aromatic N) is 3. The van der Waals surface area contributed by atoms with E-state index in [9.17, 15) is 22.8 Å². The number of hydrogen-bond donors (Lipinski definition) is 1. The zero-order valence-corrected chi connectivity index (χ0v) is 15.8. The number of benzene rings is 1. The molecule has 0 radical (unpaired) electrons. The molecule has 6 nitrogen and oxygen atoms in total. The average molecular weight is 429 g/mol. The lowest BCUT2D eigenvalue weighted by Crippen LogP contribution is -2.33. The maximum absolute atomic E-state index is 12.6. The summed E-state index contributed by atoms with van der Waals surface area (Å²) in [5.41, 5.74) is -0.747. The molecule has 1 amide bonds. The van der Waals surface area contributed by atoms with Crippen LogP contribution in [0.4, 0.5) is 18.9 Å². The molecule has 0 spiro atoms. The van der Waals surface area contributed by atoms with Gasteiger partial charge in [-0.2, -0.15) is 18.3 Å². The van der Waals surface area contributed by atoms with Crippen LogP contribution in [0, 0.1) is 0 Å². The summed E-state index contributed by atoms with van der Waals surface area (Å²) in [5, 5.41) is 6.64. The summed E-state index contributed by atoms with van der Waals surface area (Å²) in [5.74, 6) is -0.603. The molecule has 0 fully saturated rings. The van der Waals surface area contributed by atoms with Crippen LogP contribution in [0.3, 0.4) is 0 Å². The minimum absolute atomic E-state index is 0.170. The van der Waals surface area contributed by atoms with E-state index in [4.69, 9.17) is 11.6 Å². The fourth-order valence-electron chi connectivity index (χ4n) is 2.31. The van der Waals surface area contributed by atoms with Crippen LogP contribution in [-0.4, -0.2) is 20.7 Å². The number of thiazole rings is 1. The summed E-state index contributed by atoms with van der Waals surface area (Å²) in [7, 11) is 0. The SMILES string of the molecule is CC(C(=O)Nc1ccc(C(F)(F)F)cc1)n1nc(-c2cnc(Cl)s2)ccc1=O. The van der Waals surface area contributed by atoms with Gasteiger partial charge in [-0.25, -0.2) is 9.67 Å². The van der Waals surface area contributed by atoms with Crippen LogP contribution in [0.2, 0.25) is 4.47 Å². The molecule has 0 bridgehead atoms. The first-order chi connectivity index (χ1) is 13.1. The fraction of sp³-hybridized carbons (Fsp3) is 0.176. The Hall–Kier alpha value is -2.72. The molecule has 1 N–H and O–H groups in total. The molecule has 0 saturated heterocycles. The monoisotopic (exact) mass is 428 g/mol. The predicted octanol–water partition coefficient (Wildman–Crippen LogP) is 4.24. The number of amides is 1. The van der Waals surface area contributed by atoms with E-state index in [0.717, 1.165) is 28.9 Å². The molecule has 3 aromatic rings. The van der Waals surface area contributed by atoms with E-state index < -0.39 is 29.2 Å². The minimum atomic E-state index is -4.47. The minimum Gasteiger partial charge on any atom is -0.324 e. The molecule has 0 aliphatic heterocycles. The number of hydrogen-bond acceptors (Lipinski definition) is 5. The lowest BCUT2D eigenvalue weighted by atomic mass is 10.2. The van der Waals surface area contributed by atoms with Crippen molar-refractivity contribution in [2.45, 2.75) is 19.1 Å². The second-order valence-electron chi connectivity index (χ2n) is 5.72. The number of carbonyl (C=O) groups is 1. The van der Waals surface area contributed by atoms with E-state index >= 15 is 0 Å². The Bertz CT molecular complexity index is 1060. The third-order valence-electron chi connectivity index (χ3n) is 3.78. The number of nitrogens with one attached hydrogen (secondary N) is 1. The van der Waals surface area contributed by atoms with Crippen molar-refractivity contribution in [3.63, 3.8) is 0 Å². The third kappa shape index (κ3) is 4.39. The van der Waals surface area contributed by atoms with Crippen LogP contribution in [0.25, 0.3) is 10.6 Å². The van der Waals surface area contributed by atoms with Crippen LogP contribution in [0.5, 0.6) is 0 Å². The first-order valence-corrected chi connectivity index (χ1v) is 9.04. The summed E-state index contributed by atoms with van der Waals surface area (Å²) in [4.78, 5) is 29.1. The quantitative estimate of drug-likeness (QED) is 0.674. The Kier molecular flexibility index (Phi) is 5.52. The topological polar surface area (TPSA) is 76.9 Å². The first-order valence-electron chi connectivity index (χ1n) is 7.85. The van der Waals surface area contributed by atoms with Gasteiger partial charge in [0.1, 0.15) is 11.7 Å². The Morgan fingerprint density at radius 3 is 2.46 bits per heavy atom. The third-order valence-corrected chi connectivity index (χ3v) is 4.92. The highest BCUT2D eigenvalue weighted by atomic mass is 35.5. The van der Waals surface area contributed by atoms with Gasteiger partial charge < -0.3 is 5.32 Å². The summed E-state index contributed by atoms with van der Waals surface area (Å²) < 4.78 is 39.1. The van der Waals surface area contributed by atoms with Gasteiger partial charge in [0.05, 0.1) is 10.4 Å². The van der Waals surface area contributed by atoms with Crippen LogP contribution in [0.1, 0.15) is 18.5 Å². The lowest BCUT2D eigenvalue weighted by Gasteiger charge is -2.15. The van der Waals surface area contributed by atoms with Crippen LogP contribution >= 0.6 is 22.9 Å². The molecule has 3 rings (SSSR count). The van der Waals surface area contributed by atoms with Crippen molar-refractivity contribution in [1.82, 2.24) is 14.8 Å². The van der Waals surface area contributed by atoms with Crippen molar-refractivity contribution in [3.8, 4) is 10.6 Å². The van der Waals surface area contributed by atoms with Gasteiger partial charge >= 0.3 is 6.18 Å².